The topological polar surface area (TPSA) is 76.4 Å². The first-order chi connectivity index (χ1) is 15.0. The second-order valence-electron chi connectivity index (χ2n) is 8.90. The van der Waals surface area contributed by atoms with Crippen molar-refractivity contribution in [3.63, 3.8) is 0 Å². The number of aromatic carboxylic acids is 1. The van der Waals surface area contributed by atoms with Crippen LogP contribution in [0, 0.1) is 5.92 Å². The van der Waals surface area contributed by atoms with Crippen molar-refractivity contribution in [1.82, 2.24) is 9.55 Å². The number of carboxylic acid groups (broad SMARTS) is 1. The number of fused-ring (bicyclic) bond motifs is 1. The maximum Gasteiger partial charge on any atom is 0.339 e. The fraction of sp³-hybridized carbons (Fsp3) is 0.440. The predicted octanol–water partition coefficient (Wildman–Crippen LogP) is 5.59. The Morgan fingerprint density at radius 1 is 1.32 bits per heavy atom. The van der Waals surface area contributed by atoms with Crippen LogP contribution in [0.4, 0.5) is 11.5 Å². The Labute approximate surface area is 183 Å². The fourth-order valence-corrected chi connectivity index (χ4v) is 4.18. The van der Waals surface area contributed by atoms with Gasteiger partial charge in [-0.25, -0.2) is 9.78 Å². The van der Waals surface area contributed by atoms with Crippen LogP contribution in [0.5, 0.6) is 0 Å². The van der Waals surface area contributed by atoms with Crippen LogP contribution in [0.25, 0.3) is 10.9 Å². The smallest absolute Gasteiger partial charge is 0.339 e. The van der Waals surface area contributed by atoms with Crippen LogP contribution < -0.4 is 5.32 Å². The number of benzene rings is 1. The molecule has 0 unspecified atom stereocenters. The van der Waals surface area contributed by atoms with E-state index in [1.165, 1.54) is 11.1 Å². The summed E-state index contributed by atoms with van der Waals surface area (Å²) in [6.45, 7) is 6.10. The van der Waals surface area contributed by atoms with Crippen LogP contribution in [-0.4, -0.2) is 34.3 Å². The van der Waals surface area contributed by atoms with Crippen molar-refractivity contribution in [2.45, 2.75) is 52.0 Å². The molecular formula is C25H31N3O3. The lowest BCUT2D eigenvalue weighted by atomic mass is 10.0. The highest BCUT2D eigenvalue weighted by Gasteiger charge is 2.26. The van der Waals surface area contributed by atoms with E-state index in [0.29, 0.717) is 24.3 Å². The van der Waals surface area contributed by atoms with Gasteiger partial charge in [-0.1, -0.05) is 13.8 Å². The summed E-state index contributed by atoms with van der Waals surface area (Å²) in [6, 6.07) is 8.10. The molecule has 1 aliphatic rings. The van der Waals surface area contributed by atoms with Crippen LogP contribution >= 0.6 is 0 Å². The van der Waals surface area contributed by atoms with Gasteiger partial charge in [0.1, 0.15) is 11.4 Å². The normalized spacial score (nSPS) is 13.8. The van der Waals surface area contributed by atoms with Gasteiger partial charge < -0.3 is 19.7 Å². The molecule has 1 aromatic carbocycles. The predicted molar refractivity (Wildman–Crippen MR) is 123 cm³/mol. The summed E-state index contributed by atoms with van der Waals surface area (Å²) in [7, 11) is 1.72. The zero-order chi connectivity index (χ0) is 22.0. The highest BCUT2D eigenvalue weighted by molar-refractivity contribution is 5.95. The molecule has 0 aliphatic heterocycles. The van der Waals surface area contributed by atoms with Gasteiger partial charge in [-0.05, 0) is 72.9 Å². The Kier molecular flexibility index (Phi) is 6.28. The van der Waals surface area contributed by atoms with E-state index in [4.69, 9.17) is 4.74 Å². The van der Waals surface area contributed by atoms with Gasteiger partial charge in [0.15, 0.2) is 0 Å². The van der Waals surface area contributed by atoms with E-state index in [2.05, 4.69) is 53.1 Å². The summed E-state index contributed by atoms with van der Waals surface area (Å²) in [5.41, 5.74) is 4.57. The van der Waals surface area contributed by atoms with Crippen LogP contribution in [-0.2, 0) is 17.7 Å². The molecule has 2 N–H and O–H groups in total. The Morgan fingerprint density at radius 3 is 2.81 bits per heavy atom. The summed E-state index contributed by atoms with van der Waals surface area (Å²) < 4.78 is 7.57. The number of carboxylic acids is 1. The summed E-state index contributed by atoms with van der Waals surface area (Å²) in [5.74, 6) is 0.444. The molecule has 2 heterocycles. The van der Waals surface area contributed by atoms with Gasteiger partial charge in [0.25, 0.3) is 0 Å². The number of pyridine rings is 1. The Balaban J connectivity index is 1.70. The number of carbonyl (C=O) groups is 1. The molecule has 6 heteroatoms. The zero-order valence-corrected chi connectivity index (χ0v) is 18.5. The number of hydrogen-bond donors (Lipinski definition) is 2. The van der Waals surface area contributed by atoms with Crippen LogP contribution in [0.15, 0.2) is 36.7 Å². The van der Waals surface area contributed by atoms with Gasteiger partial charge >= 0.3 is 5.97 Å². The molecule has 2 aromatic heterocycles. The minimum Gasteiger partial charge on any atom is -0.478 e. The molecule has 0 bridgehead atoms. The number of nitrogens with zero attached hydrogens (tertiary/aromatic N) is 2. The number of ether oxygens (including phenoxy) is 1. The standard InChI is InChI=1S/C25H31N3O3/c1-16(2)15-28-9-8-19-12-21(11-18(23(19)28)5-4-10-31-3)27-24-22(25(29)30)13-20(14-26-24)17-6-7-17/h8-9,11-14,16-17H,4-7,10,15H2,1-3H3,(H,26,27)(H,29,30). The monoisotopic (exact) mass is 421 g/mol. The second kappa shape index (κ2) is 9.10. The average Bonchev–Trinajstić information content (AvgIpc) is 3.50. The van der Waals surface area contributed by atoms with E-state index < -0.39 is 5.97 Å². The third-order valence-corrected chi connectivity index (χ3v) is 5.75. The second-order valence-corrected chi connectivity index (χ2v) is 8.90. The number of hydrogen-bond acceptors (Lipinski definition) is 4. The quantitative estimate of drug-likeness (QED) is 0.417. The van der Waals surface area contributed by atoms with Gasteiger partial charge in [0.05, 0.1) is 5.52 Å². The van der Waals surface area contributed by atoms with Crippen molar-refractivity contribution in [3.05, 3.63) is 53.3 Å². The van der Waals surface area contributed by atoms with Crippen molar-refractivity contribution >= 4 is 28.4 Å². The number of nitrogens with one attached hydrogen (secondary N) is 1. The highest BCUT2D eigenvalue weighted by atomic mass is 16.5. The number of anilines is 2. The minimum atomic E-state index is -0.956. The molecule has 4 rings (SSSR count). The maximum absolute atomic E-state index is 11.9. The van der Waals surface area contributed by atoms with Gasteiger partial charge in [0.2, 0.25) is 0 Å². The van der Waals surface area contributed by atoms with E-state index in [-0.39, 0.29) is 5.56 Å². The van der Waals surface area contributed by atoms with Gasteiger partial charge in [-0.15, -0.1) is 0 Å². The molecule has 0 saturated heterocycles. The lowest BCUT2D eigenvalue weighted by Crippen LogP contribution is -2.07. The molecule has 0 amide bonds. The van der Waals surface area contributed by atoms with Crippen molar-refractivity contribution in [1.29, 1.82) is 0 Å². The van der Waals surface area contributed by atoms with Gasteiger partial charge in [-0.2, -0.15) is 0 Å². The SMILES string of the molecule is COCCCc1cc(Nc2ncc(C3CC3)cc2C(=O)O)cc2ccn(CC(C)C)c12. The molecule has 31 heavy (non-hydrogen) atoms. The molecule has 164 valence electrons. The molecule has 6 nitrogen and oxygen atoms in total. The number of aromatic nitrogens is 2. The largest absolute Gasteiger partial charge is 0.478 e. The Hall–Kier alpha value is -2.86. The molecule has 1 aliphatic carbocycles. The van der Waals surface area contributed by atoms with Crippen molar-refractivity contribution in [2.24, 2.45) is 5.92 Å². The Bertz CT molecular complexity index is 1080. The van der Waals surface area contributed by atoms with E-state index >= 15 is 0 Å². The van der Waals surface area contributed by atoms with Crippen molar-refractivity contribution < 1.29 is 14.6 Å². The first kappa shape index (κ1) is 21.4. The van der Waals surface area contributed by atoms with Gasteiger partial charge in [-0.3, -0.25) is 0 Å². The third kappa shape index (κ3) is 4.90. The third-order valence-electron chi connectivity index (χ3n) is 5.75. The Morgan fingerprint density at radius 2 is 2.13 bits per heavy atom. The van der Waals surface area contributed by atoms with Crippen LogP contribution in [0.2, 0.25) is 0 Å². The lowest BCUT2D eigenvalue weighted by molar-refractivity contribution is 0.0697. The van der Waals surface area contributed by atoms with Crippen molar-refractivity contribution in [3.8, 4) is 0 Å². The lowest BCUT2D eigenvalue weighted by Gasteiger charge is -2.15. The fourth-order valence-electron chi connectivity index (χ4n) is 4.18. The molecule has 1 fully saturated rings. The van der Waals surface area contributed by atoms with Crippen LogP contribution in [0.1, 0.15) is 60.5 Å². The molecule has 0 radical (unpaired) electrons. The summed E-state index contributed by atoms with van der Waals surface area (Å²) in [5, 5.41) is 14.2. The highest BCUT2D eigenvalue weighted by Crippen LogP contribution is 2.40. The molecule has 0 spiro atoms. The van der Waals surface area contributed by atoms with E-state index in [9.17, 15) is 9.90 Å². The number of rotatable bonds is 10. The minimum absolute atomic E-state index is 0.225. The van der Waals surface area contributed by atoms with E-state index in [0.717, 1.165) is 48.9 Å². The molecular weight excluding hydrogens is 390 g/mol. The molecule has 1 saturated carbocycles. The van der Waals surface area contributed by atoms with E-state index in [1.807, 2.05) is 6.20 Å². The first-order valence-corrected chi connectivity index (χ1v) is 11.1. The molecule has 3 aromatic rings. The van der Waals surface area contributed by atoms with Crippen molar-refractivity contribution in [2.75, 3.05) is 19.0 Å². The molecule has 0 atom stereocenters. The van der Waals surface area contributed by atoms with Gasteiger partial charge in [0, 0.05) is 43.7 Å². The van der Waals surface area contributed by atoms with E-state index in [1.54, 1.807) is 13.2 Å². The average molecular weight is 422 g/mol. The zero-order valence-electron chi connectivity index (χ0n) is 18.5. The first-order valence-electron chi connectivity index (χ1n) is 11.1. The summed E-state index contributed by atoms with van der Waals surface area (Å²) in [4.78, 5) is 16.3. The summed E-state index contributed by atoms with van der Waals surface area (Å²) in [6.07, 6.45) is 7.99. The number of methoxy groups -OCH3 is 1. The maximum atomic E-state index is 11.9. The summed E-state index contributed by atoms with van der Waals surface area (Å²) >= 11 is 0. The van der Waals surface area contributed by atoms with Crippen LogP contribution in [0.3, 0.4) is 0 Å². The number of aryl methyl sites for hydroxylation is 1.